The minimum Gasteiger partial charge on any atom is -0.457 e. The van der Waals surface area contributed by atoms with Crippen LogP contribution < -0.4 is 9.64 Å². The fourth-order valence-electron chi connectivity index (χ4n) is 4.83. The molecule has 1 fully saturated rings. The van der Waals surface area contributed by atoms with Crippen LogP contribution in [-0.2, 0) is 9.53 Å². The van der Waals surface area contributed by atoms with Crippen LogP contribution in [0.5, 0.6) is 11.5 Å². The minimum atomic E-state index is -0.454. The topological polar surface area (TPSA) is 54.9 Å². The summed E-state index contributed by atoms with van der Waals surface area (Å²) in [6, 6.07) is 22.0. The molecule has 6 rings (SSSR count). The Morgan fingerprint density at radius 3 is 2.41 bits per heavy atom. The van der Waals surface area contributed by atoms with E-state index in [-0.39, 0.29) is 18.3 Å². The van der Waals surface area contributed by atoms with Gasteiger partial charge in [-0.15, -0.1) is 24.2 Å². The highest BCUT2D eigenvalue weighted by molar-refractivity contribution is 7.98. The van der Waals surface area contributed by atoms with E-state index in [9.17, 15) is 4.79 Å². The second-order valence-corrected chi connectivity index (χ2v) is 10.8. The summed E-state index contributed by atoms with van der Waals surface area (Å²) in [6.45, 7) is 4.55. The van der Waals surface area contributed by atoms with Crippen molar-refractivity contribution in [1.29, 1.82) is 0 Å². The molecule has 6 nitrogen and oxygen atoms in total. The number of aromatic nitrogens is 1. The lowest BCUT2D eigenvalue weighted by atomic mass is 9.87. The molecular formula is C28H28ClN3O3S2. The molecule has 3 aromatic carbocycles. The van der Waals surface area contributed by atoms with E-state index in [0.717, 1.165) is 70.8 Å². The second kappa shape index (κ2) is 11.4. The molecule has 3 heterocycles. The molecule has 0 N–H and O–H groups in total. The van der Waals surface area contributed by atoms with Crippen LogP contribution in [0.1, 0.15) is 17.0 Å². The molecule has 4 aromatic rings. The fourth-order valence-corrected chi connectivity index (χ4v) is 6.38. The van der Waals surface area contributed by atoms with E-state index in [0.29, 0.717) is 6.54 Å². The van der Waals surface area contributed by atoms with Crippen molar-refractivity contribution in [2.45, 2.75) is 10.8 Å². The number of carbonyl (C=O) groups is 1. The third kappa shape index (κ3) is 5.22. The molecule has 2 aliphatic rings. The summed E-state index contributed by atoms with van der Waals surface area (Å²) in [5.74, 6) is 1.04. The van der Waals surface area contributed by atoms with Crippen molar-refractivity contribution >= 4 is 56.8 Å². The number of hydrogen-bond donors (Lipinski definition) is 0. The molecule has 0 radical (unpaired) electrons. The number of nitrogens with zero attached hydrogens (tertiary/aromatic N) is 3. The zero-order chi connectivity index (χ0) is 24.5. The van der Waals surface area contributed by atoms with Gasteiger partial charge in [0.15, 0.2) is 5.13 Å². The maximum atomic E-state index is 14.5. The number of hydrogen-bond acceptors (Lipinski definition) is 7. The molecule has 0 saturated carbocycles. The van der Waals surface area contributed by atoms with E-state index in [1.54, 1.807) is 23.1 Å². The third-order valence-electron chi connectivity index (χ3n) is 6.75. The Hall–Kier alpha value is -2.62. The minimum absolute atomic E-state index is 0. The van der Waals surface area contributed by atoms with Crippen LogP contribution in [0.15, 0.2) is 71.6 Å². The largest absolute Gasteiger partial charge is 0.457 e. The molecule has 0 aliphatic carbocycles. The van der Waals surface area contributed by atoms with Gasteiger partial charge in [0.1, 0.15) is 11.5 Å². The highest BCUT2D eigenvalue weighted by Gasteiger charge is 2.36. The van der Waals surface area contributed by atoms with Crippen molar-refractivity contribution < 1.29 is 14.3 Å². The second-order valence-electron chi connectivity index (χ2n) is 8.88. The smallest absolute Gasteiger partial charge is 0.241 e. The van der Waals surface area contributed by atoms with Crippen molar-refractivity contribution in [2.75, 3.05) is 50.5 Å². The van der Waals surface area contributed by atoms with Crippen molar-refractivity contribution in [2.24, 2.45) is 0 Å². The Morgan fingerprint density at radius 2 is 1.73 bits per heavy atom. The van der Waals surface area contributed by atoms with Gasteiger partial charge >= 0.3 is 0 Å². The SMILES string of the molecule is CSc1ccc2nc(N(CCN3CCOCC3)C(=O)C3c4ccccc4Oc4ccccc43)sc2c1.Cl. The summed E-state index contributed by atoms with van der Waals surface area (Å²) in [5.41, 5.74) is 2.71. The summed E-state index contributed by atoms with van der Waals surface area (Å²) < 4.78 is 12.8. The van der Waals surface area contributed by atoms with E-state index >= 15 is 0 Å². The Labute approximate surface area is 231 Å². The van der Waals surface area contributed by atoms with Crippen LogP contribution in [0.3, 0.4) is 0 Å². The number of benzene rings is 3. The van der Waals surface area contributed by atoms with Crippen LogP contribution in [-0.4, -0.2) is 61.4 Å². The van der Waals surface area contributed by atoms with Gasteiger partial charge in [-0.2, -0.15) is 0 Å². The first kappa shape index (κ1) is 26.0. The van der Waals surface area contributed by atoms with Gasteiger partial charge < -0.3 is 9.47 Å². The van der Waals surface area contributed by atoms with Crippen molar-refractivity contribution in [3.8, 4) is 11.5 Å². The van der Waals surface area contributed by atoms with Crippen molar-refractivity contribution in [3.63, 3.8) is 0 Å². The van der Waals surface area contributed by atoms with Crippen LogP contribution in [0.2, 0.25) is 0 Å². The number of halogens is 1. The number of fused-ring (bicyclic) bond motifs is 3. The summed E-state index contributed by atoms with van der Waals surface area (Å²) in [4.78, 5) is 24.8. The highest BCUT2D eigenvalue weighted by atomic mass is 35.5. The molecule has 1 amide bonds. The third-order valence-corrected chi connectivity index (χ3v) is 8.52. The quantitative estimate of drug-likeness (QED) is 0.271. The number of anilines is 1. The maximum Gasteiger partial charge on any atom is 0.241 e. The number of ether oxygens (including phenoxy) is 2. The molecule has 0 atom stereocenters. The lowest BCUT2D eigenvalue weighted by Gasteiger charge is -2.33. The van der Waals surface area contributed by atoms with E-state index in [2.05, 4.69) is 23.3 Å². The van der Waals surface area contributed by atoms with Gasteiger partial charge in [-0.25, -0.2) is 4.98 Å². The van der Waals surface area contributed by atoms with Gasteiger partial charge in [0.25, 0.3) is 0 Å². The van der Waals surface area contributed by atoms with Gasteiger partial charge in [-0.05, 0) is 36.6 Å². The molecule has 0 spiro atoms. The average Bonchev–Trinajstić information content (AvgIpc) is 3.35. The molecular weight excluding hydrogens is 526 g/mol. The zero-order valence-electron chi connectivity index (χ0n) is 20.5. The number of morpholine rings is 1. The molecule has 2 aliphatic heterocycles. The van der Waals surface area contributed by atoms with Gasteiger partial charge in [-0.1, -0.05) is 47.7 Å². The first-order chi connectivity index (χ1) is 17.7. The van der Waals surface area contributed by atoms with Gasteiger partial charge in [-0.3, -0.25) is 14.6 Å². The maximum absolute atomic E-state index is 14.5. The van der Waals surface area contributed by atoms with Crippen molar-refractivity contribution in [3.05, 3.63) is 77.9 Å². The van der Waals surface area contributed by atoms with E-state index in [4.69, 9.17) is 14.5 Å². The normalized spacial score (nSPS) is 15.4. The number of amides is 1. The number of para-hydroxylation sites is 2. The highest BCUT2D eigenvalue weighted by Crippen LogP contribution is 2.45. The summed E-state index contributed by atoms with van der Waals surface area (Å²) in [7, 11) is 0. The summed E-state index contributed by atoms with van der Waals surface area (Å²) in [5, 5.41) is 0.739. The van der Waals surface area contributed by atoms with Gasteiger partial charge in [0.2, 0.25) is 5.91 Å². The lowest BCUT2D eigenvalue weighted by molar-refractivity contribution is -0.119. The Balaban J connectivity index is 0.00000280. The number of thiazole rings is 1. The average molecular weight is 554 g/mol. The monoisotopic (exact) mass is 553 g/mol. The summed E-state index contributed by atoms with van der Waals surface area (Å²) in [6.07, 6.45) is 2.07. The first-order valence-corrected chi connectivity index (χ1v) is 14.2. The Bertz CT molecular complexity index is 1360. The van der Waals surface area contributed by atoms with E-state index in [1.165, 1.54) is 4.90 Å². The molecule has 1 aromatic heterocycles. The zero-order valence-corrected chi connectivity index (χ0v) is 22.9. The van der Waals surface area contributed by atoms with Gasteiger partial charge in [0, 0.05) is 42.2 Å². The van der Waals surface area contributed by atoms with Crippen LogP contribution in [0.4, 0.5) is 5.13 Å². The standard InChI is InChI=1S/C28H27N3O3S2.ClH/c1-35-19-10-11-22-25(18-19)36-28(29-22)31(13-12-30-14-16-33-17-15-30)27(32)26-20-6-2-4-8-23(20)34-24-9-5-3-7-21(24)26;/h2-11,18,26H,12-17H2,1H3;1H. The Morgan fingerprint density at radius 1 is 1.05 bits per heavy atom. The molecule has 9 heteroatoms. The molecule has 1 saturated heterocycles. The molecule has 0 unspecified atom stereocenters. The molecule has 37 heavy (non-hydrogen) atoms. The number of rotatable bonds is 6. The van der Waals surface area contributed by atoms with Crippen LogP contribution in [0.25, 0.3) is 10.2 Å². The first-order valence-electron chi connectivity index (χ1n) is 12.1. The predicted molar refractivity (Wildman–Crippen MR) is 153 cm³/mol. The van der Waals surface area contributed by atoms with Crippen molar-refractivity contribution in [1.82, 2.24) is 9.88 Å². The number of carbonyl (C=O) groups excluding carboxylic acids is 1. The van der Waals surface area contributed by atoms with E-state index in [1.807, 2.05) is 59.5 Å². The Kier molecular flexibility index (Phi) is 8.02. The fraction of sp³-hybridized carbons (Fsp3) is 0.286. The van der Waals surface area contributed by atoms with E-state index < -0.39 is 5.92 Å². The molecule has 192 valence electrons. The molecule has 0 bridgehead atoms. The van der Waals surface area contributed by atoms with Gasteiger partial charge in [0.05, 0.1) is 29.3 Å². The lowest BCUT2D eigenvalue weighted by Crippen LogP contribution is -2.44. The van der Waals surface area contributed by atoms with Crippen LogP contribution >= 0.6 is 35.5 Å². The predicted octanol–water partition coefficient (Wildman–Crippen LogP) is 6.04. The summed E-state index contributed by atoms with van der Waals surface area (Å²) >= 11 is 3.29. The number of thioether (sulfide) groups is 1. The van der Waals surface area contributed by atoms with Crippen LogP contribution in [0, 0.1) is 0 Å².